The van der Waals surface area contributed by atoms with Gasteiger partial charge >= 0.3 is 0 Å². The molecule has 1 N–H and O–H groups in total. The van der Waals surface area contributed by atoms with E-state index in [-0.39, 0.29) is 24.1 Å². The van der Waals surface area contributed by atoms with E-state index in [4.69, 9.17) is 23.8 Å². The molecule has 0 unspecified atom stereocenters. The molecule has 30 heavy (non-hydrogen) atoms. The first-order valence-electron chi connectivity index (χ1n) is 9.63. The number of carbonyl (C=O) groups is 1. The summed E-state index contributed by atoms with van der Waals surface area (Å²) >= 11 is 13.5. The van der Waals surface area contributed by atoms with Crippen LogP contribution in [0.25, 0.3) is 27.0 Å². The lowest BCUT2D eigenvalue weighted by atomic mass is 10.2. The highest BCUT2D eigenvalue weighted by atomic mass is 35.5. The molecular weight excluding hydrogens is 438 g/mol. The number of rotatable bonds is 5. The Labute approximate surface area is 187 Å². The van der Waals surface area contributed by atoms with Crippen LogP contribution in [0.15, 0.2) is 53.3 Å². The quantitative estimate of drug-likeness (QED) is 0.415. The van der Waals surface area contributed by atoms with Crippen LogP contribution in [0.1, 0.15) is 20.3 Å². The van der Waals surface area contributed by atoms with Crippen molar-refractivity contribution in [3.05, 3.63) is 67.9 Å². The number of amides is 1. The van der Waals surface area contributed by atoms with Gasteiger partial charge in [-0.15, -0.1) is 11.3 Å². The van der Waals surface area contributed by atoms with E-state index in [1.165, 1.54) is 15.9 Å². The van der Waals surface area contributed by atoms with Gasteiger partial charge in [0.2, 0.25) is 5.91 Å². The predicted molar refractivity (Wildman–Crippen MR) is 126 cm³/mol. The Hall–Kier alpha value is -2.48. The summed E-state index contributed by atoms with van der Waals surface area (Å²) < 4.78 is 3.96. The van der Waals surface area contributed by atoms with Gasteiger partial charge in [-0.2, -0.15) is 0 Å². The van der Waals surface area contributed by atoms with E-state index in [2.05, 4.69) is 5.32 Å². The smallest absolute Gasteiger partial charge is 0.262 e. The molecular formula is C22H20ClN3O2S2. The molecule has 0 bridgehead atoms. The van der Waals surface area contributed by atoms with Crippen LogP contribution in [-0.4, -0.2) is 20.9 Å². The van der Waals surface area contributed by atoms with Crippen LogP contribution in [0.2, 0.25) is 5.02 Å². The molecule has 0 saturated heterocycles. The van der Waals surface area contributed by atoms with E-state index >= 15 is 0 Å². The number of nitrogens with one attached hydrogen (secondary N) is 1. The van der Waals surface area contributed by atoms with E-state index in [1.54, 1.807) is 12.1 Å². The fraction of sp³-hybridized carbons (Fsp3) is 0.227. The maximum atomic E-state index is 13.4. The molecule has 4 rings (SSSR count). The number of aromatic nitrogens is 2. The molecule has 0 spiro atoms. The molecule has 8 heteroatoms. The number of fused-ring (bicyclic) bond motifs is 3. The number of halogens is 1. The van der Waals surface area contributed by atoms with Crippen molar-refractivity contribution in [3.8, 4) is 10.4 Å². The van der Waals surface area contributed by atoms with E-state index in [0.29, 0.717) is 20.0 Å². The molecule has 0 aliphatic heterocycles. The molecule has 154 valence electrons. The highest BCUT2D eigenvalue weighted by molar-refractivity contribution is 7.73. The summed E-state index contributed by atoms with van der Waals surface area (Å²) in [4.78, 5) is 26.9. The second-order valence-electron chi connectivity index (χ2n) is 7.12. The highest BCUT2D eigenvalue weighted by Crippen LogP contribution is 2.36. The van der Waals surface area contributed by atoms with Crippen LogP contribution < -0.4 is 10.9 Å². The molecule has 2 aromatic heterocycles. The number of thiazole rings is 1. The van der Waals surface area contributed by atoms with Gasteiger partial charge in [-0.1, -0.05) is 48.9 Å². The van der Waals surface area contributed by atoms with E-state index < -0.39 is 0 Å². The lowest BCUT2D eigenvalue weighted by molar-refractivity contribution is -0.122. The zero-order valence-electron chi connectivity index (χ0n) is 16.5. The molecule has 0 saturated carbocycles. The van der Waals surface area contributed by atoms with Gasteiger partial charge in [0, 0.05) is 16.6 Å². The van der Waals surface area contributed by atoms with Crippen LogP contribution in [-0.2, 0) is 11.3 Å². The number of nitrogens with zero attached hydrogens (tertiary/aromatic N) is 2. The zero-order valence-corrected chi connectivity index (χ0v) is 18.9. The minimum atomic E-state index is -0.231. The van der Waals surface area contributed by atoms with Crippen LogP contribution in [0.4, 0.5) is 0 Å². The average molecular weight is 458 g/mol. The Morgan fingerprint density at radius 3 is 2.63 bits per heavy atom. The summed E-state index contributed by atoms with van der Waals surface area (Å²) in [5.41, 5.74) is 1.85. The standard InChI is InChI=1S/C22H20ClN3O2S2/c1-3-13(2)24-18(27)12-25-20-19(14-8-4-6-10-16(14)23)30-22(29)26(20)17-11-7-5-9-15(17)21(25)28/h4-11,13H,3,12H2,1-2H3,(H,24,27)/t13-/m1/s1. The number of hydrogen-bond donors (Lipinski definition) is 1. The third-order valence-electron chi connectivity index (χ3n) is 5.10. The number of benzene rings is 2. The first-order chi connectivity index (χ1) is 14.4. The fourth-order valence-corrected chi connectivity index (χ4v) is 5.20. The van der Waals surface area contributed by atoms with Crippen molar-refractivity contribution in [2.24, 2.45) is 0 Å². The molecule has 2 aromatic carbocycles. The zero-order chi connectivity index (χ0) is 21.4. The molecule has 5 nitrogen and oxygen atoms in total. The van der Waals surface area contributed by atoms with E-state index in [1.807, 2.05) is 54.6 Å². The van der Waals surface area contributed by atoms with Gasteiger partial charge < -0.3 is 5.32 Å². The summed E-state index contributed by atoms with van der Waals surface area (Å²) in [6.45, 7) is 3.84. The van der Waals surface area contributed by atoms with Gasteiger partial charge in [0.05, 0.1) is 15.8 Å². The third kappa shape index (κ3) is 3.57. The maximum Gasteiger partial charge on any atom is 0.262 e. The molecule has 0 fully saturated rings. The summed E-state index contributed by atoms with van der Waals surface area (Å²) in [6.07, 6.45) is 0.808. The second kappa shape index (κ2) is 8.34. The summed E-state index contributed by atoms with van der Waals surface area (Å²) in [5.74, 6) is -0.217. The van der Waals surface area contributed by atoms with Crippen molar-refractivity contribution in [2.45, 2.75) is 32.9 Å². The van der Waals surface area contributed by atoms with Crippen molar-refractivity contribution in [1.82, 2.24) is 14.3 Å². The average Bonchev–Trinajstić information content (AvgIpc) is 3.08. The first kappa shape index (κ1) is 20.8. The van der Waals surface area contributed by atoms with Crippen molar-refractivity contribution in [3.63, 3.8) is 0 Å². The Kier molecular flexibility index (Phi) is 5.77. The summed E-state index contributed by atoms with van der Waals surface area (Å²) in [5, 5.41) is 4.02. The fourth-order valence-electron chi connectivity index (χ4n) is 3.45. The molecule has 0 aliphatic rings. The number of carbonyl (C=O) groups excluding carboxylic acids is 1. The van der Waals surface area contributed by atoms with Crippen molar-refractivity contribution >= 4 is 57.6 Å². The molecule has 0 radical (unpaired) electrons. The molecule has 2 heterocycles. The van der Waals surface area contributed by atoms with Crippen molar-refractivity contribution in [2.75, 3.05) is 0 Å². The van der Waals surface area contributed by atoms with Crippen molar-refractivity contribution in [1.29, 1.82) is 0 Å². The Bertz CT molecular complexity index is 1390. The lowest BCUT2D eigenvalue weighted by Crippen LogP contribution is -2.37. The van der Waals surface area contributed by atoms with E-state index in [0.717, 1.165) is 22.4 Å². The van der Waals surface area contributed by atoms with Crippen LogP contribution in [0.3, 0.4) is 0 Å². The first-order valence-corrected chi connectivity index (χ1v) is 11.2. The van der Waals surface area contributed by atoms with Crippen LogP contribution in [0.5, 0.6) is 0 Å². The van der Waals surface area contributed by atoms with Crippen LogP contribution >= 0.6 is 35.2 Å². The van der Waals surface area contributed by atoms with Gasteiger partial charge in [-0.3, -0.25) is 18.6 Å². The topological polar surface area (TPSA) is 55.5 Å². The minimum absolute atomic E-state index is 0.0248. The monoisotopic (exact) mass is 457 g/mol. The van der Waals surface area contributed by atoms with Gasteiger partial charge in [-0.25, -0.2) is 0 Å². The van der Waals surface area contributed by atoms with Crippen LogP contribution in [0, 0.1) is 3.95 Å². The number of para-hydroxylation sites is 1. The van der Waals surface area contributed by atoms with Gasteiger partial charge in [-0.05, 0) is 43.8 Å². The van der Waals surface area contributed by atoms with Crippen molar-refractivity contribution < 1.29 is 4.79 Å². The van der Waals surface area contributed by atoms with Gasteiger partial charge in [0.25, 0.3) is 5.56 Å². The molecule has 4 aromatic rings. The molecule has 0 aliphatic carbocycles. The van der Waals surface area contributed by atoms with Gasteiger partial charge in [0.1, 0.15) is 12.2 Å². The second-order valence-corrected chi connectivity index (χ2v) is 9.17. The molecule has 1 amide bonds. The lowest BCUT2D eigenvalue weighted by Gasteiger charge is -2.15. The Morgan fingerprint density at radius 2 is 1.90 bits per heavy atom. The summed E-state index contributed by atoms with van der Waals surface area (Å²) in [6, 6.07) is 14.8. The number of hydrogen-bond acceptors (Lipinski definition) is 4. The third-order valence-corrected chi connectivity index (χ3v) is 6.83. The normalized spacial score (nSPS) is 12.4. The predicted octanol–water partition coefficient (Wildman–Crippen LogP) is 5.28. The SMILES string of the molecule is CC[C@@H](C)NC(=O)Cn1c(=O)c2ccccc2n2c(=S)sc(-c3ccccc3Cl)c12. The Balaban J connectivity index is 2.06. The minimum Gasteiger partial charge on any atom is -0.352 e. The maximum absolute atomic E-state index is 13.4. The van der Waals surface area contributed by atoms with Gasteiger partial charge in [0.15, 0.2) is 3.95 Å². The summed E-state index contributed by atoms with van der Waals surface area (Å²) in [7, 11) is 0. The highest BCUT2D eigenvalue weighted by Gasteiger charge is 2.21. The van der Waals surface area contributed by atoms with E-state index in [9.17, 15) is 9.59 Å². The Morgan fingerprint density at radius 1 is 1.20 bits per heavy atom. The largest absolute Gasteiger partial charge is 0.352 e. The molecule has 1 atom stereocenters.